The lowest BCUT2D eigenvalue weighted by atomic mass is 10.0. The SMILES string of the molecule is CC(C)c1ocnc1C(=O)N[C@@H]1CCO[C@H]1c1cnn(CC2CC2)c1. The van der Waals surface area contributed by atoms with E-state index in [1.54, 1.807) is 0 Å². The second-order valence-corrected chi connectivity index (χ2v) is 7.32. The average molecular weight is 344 g/mol. The lowest BCUT2D eigenvalue weighted by Gasteiger charge is -2.18. The van der Waals surface area contributed by atoms with Crippen molar-refractivity contribution < 1.29 is 13.9 Å². The fraction of sp³-hybridized carbons (Fsp3) is 0.611. The van der Waals surface area contributed by atoms with E-state index in [0.717, 1.165) is 24.4 Å². The molecule has 0 radical (unpaired) electrons. The quantitative estimate of drug-likeness (QED) is 0.871. The van der Waals surface area contributed by atoms with Crippen LogP contribution in [0, 0.1) is 5.92 Å². The molecule has 1 N–H and O–H groups in total. The standard InChI is InChI=1S/C18H24N4O3/c1-11(2)16-15(19-10-25-16)18(23)21-14-5-6-24-17(14)13-7-20-22(9-13)8-12-3-4-12/h7,9-12,14,17H,3-6,8H2,1-2H3,(H,21,23)/t14-,17+/m1/s1. The van der Waals surface area contributed by atoms with Gasteiger partial charge >= 0.3 is 0 Å². The van der Waals surface area contributed by atoms with E-state index >= 15 is 0 Å². The summed E-state index contributed by atoms with van der Waals surface area (Å²) in [5.41, 5.74) is 1.39. The number of ether oxygens (including phenoxy) is 1. The lowest BCUT2D eigenvalue weighted by Crippen LogP contribution is -2.37. The molecule has 7 nitrogen and oxygen atoms in total. The molecule has 0 spiro atoms. The maximum absolute atomic E-state index is 12.6. The normalized spacial score (nSPS) is 23.3. The van der Waals surface area contributed by atoms with E-state index in [4.69, 9.17) is 9.15 Å². The molecular formula is C18H24N4O3. The number of hydrogen-bond acceptors (Lipinski definition) is 5. The van der Waals surface area contributed by atoms with E-state index in [1.165, 1.54) is 19.2 Å². The topological polar surface area (TPSA) is 82.2 Å². The van der Waals surface area contributed by atoms with Crippen LogP contribution in [0.25, 0.3) is 0 Å². The Morgan fingerprint density at radius 2 is 2.24 bits per heavy atom. The molecule has 1 saturated carbocycles. The zero-order valence-corrected chi connectivity index (χ0v) is 14.6. The van der Waals surface area contributed by atoms with Gasteiger partial charge < -0.3 is 14.5 Å². The molecule has 7 heteroatoms. The molecule has 0 unspecified atom stereocenters. The fourth-order valence-electron chi connectivity index (χ4n) is 3.33. The number of oxazole rings is 1. The van der Waals surface area contributed by atoms with Crippen LogP contribution in [-0.4, -0.2) is 33.3 Å². The highest BCUT2D eigenvalue weighted by Crippen LogP contribution is 2.32. The monoisotopic (exact) mass is 344 g/mol. The lowest BCUT2D eigenvalue weighted by molar-refractivity contribution is 0.0816. The Bertz CT molecular complexity index is 747. The van der Waals surface area contributed by atoms with Crippen molar-refractivity contribution in [3.63, 3.8) is 0 Å². The Kier molecular flexibility index (Phi) is 4.33. The number of hydrogen-bond donors (Lipinski definition) is 1. The fourth-order valence-corrected chi connectivity index (χ4v) is 3.33. The largest absolute Gasteiger partial charge is 0.447 e. The summed E-state index contributed by atoms with van der Waals surface area (Å²) in [4.78, 5) is 16.7. The predicted molar refractivity (Wildman–Crippen MR) is 90.1 cm³/mol. The van der Waals surface area contributed by atoms with Crippen LogP contribution in [0.4, 0.5) is 0 Å². The third-order valence-electron chi connectivity index (χ3n) is 4.87. The number of rotatable bonds is 6. The van der Waals surface area contributed by atoms with Crippen molar-refractivity contribution in [2.75, 3.05) is 6.61 Å². The first kappa shape index (κ1) is 16.3. The molecule has 1 saturated heterocycles. The van der Waals surface area contributed by atoms with Gasteiger partial charge in [-0.05, 0) is 25.2 Å². The van der Waals surface area contributed by atoms with E-state index in [9.17, 15) is 4.79 Å². The minimum absolute atomic E-state index is 0.0808. The molecule has 2 fully saturated rings. The number of carbonyl (C=O) groups excluding carboxylic acids is 1. The number of carbonyl (C=O) groups is 1. The molecule has 1 aliphatic heterocycles. The summed E-state index contributed by atoms with van der Waals surface area (Å²) in [7, 11) is 0. The van der Waals surface area contributed by atoms with Gasteiger partial charge in [0.15, 0.2) is 12.1 Å². The Morgan fingerprint density at radius 3 is 3.00 bits per heavy atom. The van der Waals surface area contributed by atoms with Crippen LogP contribution in [-0.2, 0) is 11.3 Å². The first-order valence-electron chi connectivity index (χ1n) is 9.00. The van der Waals surface area contributed by atoms with E-state index < -0.39 is 0 Å². The van der Waals surface area contributed by atoms with Gasteiger partial charge in [-0.2, -0.15) is 5.10 Å². The summed E-state index contributed by atoms with van der Waals surface area (Å²) in [6, 6.07) is -0.0808. The van der Waals surface area contributed by atoms with E-state index in [1.807, 2.05) is 30.9 Å². The molecule has 2 aromatic heterocycles. The van der Waals surface area contributed by atoms with Gasteiger partial charge in [-0.3, -0.25) is 9.48 Å². The second-order valence-electron chi connectivity index (χ2n) is 7.32. The zero-order valence-electron chi connectivity index (χ0n) is 14.6. The summed E-state index contributed by atoms with van der Waals surface area (Å²) >= 11 is 0. The highest BCUT2D eigenvalue weighted by molar-refractivity contribution is 5.93. The molecule has 1 aliphatic carbocycles. The number of amides is 1. The Balaban J connectivity index is 1.45. The van der Waals surface area contributed by atoms with Crippen molar-refractivity contribution >= 4 is 5.91 Å². The van der Waals surface area contributed by atoms with Gasteiger partial charge in [-0.15, -0.1) is 0 Å². The van der Waals surface area contributed by atoms with Crippen LogP contribution in [0.15, 0.2) is 23.2 Å². The molecule has 2 aliphatic rings. The highest BCUT2D eigenvalue weighted by Gasteiger charge is 2.33. The van der Waals surface area contributed by atoms with Gasteiger partial charge in [0, 0.05) is 30.8 Å². The van der Waals surface area contributed by atoms with E-state index in [2.05, 4.69) is 15.4 Å². The van der Waals surface area contributed by atoms with E-state index in [-0.39, 0.29) is 24.0 Å². The van der Waals surface area contributed by atoms with Crippen molar-refractivity contribution in [2.45, 2.75) is 57.7 Å². The maximum Gasteiger partial charge on any atom is 0.273 e. The van der Waals surface area contributed by atoms with Gasteiger partial charge in [-0.25, -0.2) is 4.98 Å². The molecule has 4 rings (SSSR count). The van der Waals surface area contributed by atoms with Gasteiger partial charge in [0.05, 0.1) is 12.2 Å². The molecule has 0 bridgehead atoms. The van der Waals surface area contributed by atoms with Crippen LogP contribution in [0.3, 0.4) is 0 Å². The zero-order chi connectivity index (χ0) is 17.4. The summed E-state index contributed by atoms with van der Waals surface area (Å²) in [5.74, 6) is 1.29. The molecule has 134 valence electrons. The first-order valence-corrected chi connectivity index (χ1v) is 9.00. The first-order chi connectivity index (χ1) is 12.1. The number of aromatic nitrogens is 3. The second kappa shape index (κ2) is 6.63. The van der Waals surface area contributed by atoms with Crippen LogP contribution < -0.4 is 5.32 Å². The van der Waals surface area contributed by atoms with Gasteiger partial charge in [-0.1, -0.05) is 13.8 Å². The molecule has 0 aromatic carbocycles. The smallest absolute Gasteiger partial charge is 0.273 e. The minimum atomic E-state index is -0.205. The minimum Gasteiger partial charge on any atom is -0.447 e. The third-order valence-corrected chi connectivity index (χ3v) is 4.87. The summed E-state index contributed by atoms with van der Waals surface area (Å²) < 4.78 is 13.2. The predicted octanol–water partition coefficient (Wildman–Crippen LogP) is 2.66. The average Bonchev–Trinajstić information content (AvgIpc) is 2.99. The molecular weight excluding hydrogens is 320 g/mol. The van der Waals surface area contributed by atoms with Crippen LogP contribution >= 0.6 is 0 Å². The van der Waals surface area contributed by atoms with Crippen molar-refractivity contribution in [1.29, 1.82) is 0 Å². The molecule has 2 aromatic rings. The summed E-state index contributed by atoms with van der Waals surface area (Å²) in [6.45, 7) is 5.56. The van der Waals surface area contributed by atoms with Gasteiger partial charge in [0.25, 0.3) is 5.91 Å². The molecule has 2 atom stereocenters. The van der Waals surface area contributed by atoms with Crippen LogP contribution in [0.2, 0.25) is 0 Å². The van der Waals surface area contributed by atoms with Gasteiger partial charge in [0.2, 0.25) is 0 Å². The van der Waals surface area contributed by atoms with Crippen molar-refractivity contribution in [3.8, 4) is 0 Å². The summed E-state index contributed by atoms with van der Waals surface area (Å²) in [5, 5.41) is 7.50. The highest BCUT2D eigenvalue weighted by atomic mass is 16.5. The number of nitrogens with one attached hydrogen (secondary N) is 1. The third kappa shape index (κ3) is 3.46. The van der Waals surface area contributed by atoms with Crippen molar-refractivity contribution in [3.05, 3.63) is 35.8 Å². The van der Waals surface area contributed by atoms with Crippen molar-refractivity contribution in [1.82, 2.24) is 20.1 Å². The van der Waals surface area contributed by atoms with Gasteiger partial charge in [0.1, 0.15) is 11.9 Å². The van der Waals surface area contributed by atoms with E-state index in [0.29, 0.717) is 18.1 Å². The molecule has 3 heterocycles. The molecule has 1 amide bonds. The van der Waals surface area contributed by atoms with Crippen LogP contribution in [0.1, 0.15) is 66.9 Å². The number of nitrogens with zero attached hydrogens (tertiary/aromatic N) is 3. The van der Waals surface area contributed by atoms with Crippen LogP contribution in [0.5, 0.6) is 0 Å². The molecule has 25 heavy (non-hydrogen) atoms. The Hall–Kier alpha value is -2.15. The Morgan fingerprint density at radius 1 is 1.40 bits per heavy atom. The Labute approximate surface area is 146 Å². The maximum atomic E-state index is 12.6. The summed E-state index contributed by atoms with van der Waals surface area (Å²) in [6.07, 6.45) is 8.43. The van der Waals surface area contributed by atoms with Crippen molar-refractivity contribution in [2.24, 2.45) is 5.92 Å².